The molecule has 1 unspecified atom stereocenters. The smallest absolute Gasteiger partial charge is 0.324 e. The number of carbonyl (C=O) groups is 1. The summed E-state index contributed by atoms with van der Waals surface area (Å²) < 4.78 is 0. The number of nitrogens with zero attached hydrogens (tertiary/aromatic N) is 1. The van der Waals surface area contributed by atoms with Crippen molar-refractivity contribution in [1.29, 1.82) is 0 Å². The fourth-order valence-electron chi connectivity index (χ4n) is 1.85. The van der Waals surface area contributed by atoms with E-state index in [9.17, 15) is 4.79 Å². The molecule has 2 N–H and O–H groups in total. The molecule has 3 heteroatoms. The van der Waals surface area contributed by atoms with Crippen LogP contribution in [0.25, 0.3) is 4.85 Å². The van der Waals surface area contributed by atoms with Gasteiger partial charge in [-0.3, -0.25) is 0 Å². The summed E-state index contributed by atoms with van der Waals surface area (Å²) >= 11 is 0. The van der Waals surface area contributed by atoms with Crippen LogP contribution in [0.5, 0.6) is 0 Å². The van der Waals surface area contributed by atoms with Gasteiger partial charge in [0.1, 0.15) is 5.56 Å². The normalized spacial score (nSPS) is 17.9. The molecule has 15 heavy (non-hydrogen) atoms. The van der Waals surface area contributed by atoms with Crippen molar-refractivity contribution in [3.8, 4) is 6.07 Å². The van der Waals surface area contributed by atoms with Crippen LogP contribution in [0.15, 0.2) is 18.2 Å². The first-order valence-corrected chi connectivity index (χ1v) is 5.02. The molecule has 0 saturated carbocycles. The molecular formula is C12H13N2O+. The van der Waals surface area contributed by atoms with Gasteiger partial charge in [-0.2, -0.15) is 0 Å². The van der Waals surface area contributed by atoms with Gasteiger partial charge in [-0.1, -0.05) is 6.07 Å². The Bertz CT molecular complexity index is 468. The van der Waals surface area contributed by atoms with Gasteiger partial charge in [0, 0.05) is 10.9 Å². The zero-order valence-corrected chi connectivity index (χ0v) is 8.66. The molecule has 76 valence electrons. The number of nitrogens with two attached hydrogens (primary N) is 1. The van der Waals surface area contributed by atoms with Crippen LogP contribution >= 0.6 is 0 Å². The van der Waals surface area contributed by atoms with E-state index in [1.54, 1.807) is 0 Å². The summed E-state index contributed by atoms with van der Waals surface area (Å²) in [4.78, 5) is 14.3. The van der Waals surface area contributed by atoms with Crippen LogP contribution in [-0.2, 0) is 11.2 Å². The van der Waals surface area contributed by atoms with Crippen LogP contribution in [-0.4, -0.2) is 5.91 Å². The van der Waals surface area contributed by atoms with E-state index in [1.165, 1.54) is 18.1 Å². The van der Waals surface area contributed by atoms with Crippen LogP contribution in [0.2, 0.25) is 0 Å². The number of benzene rings is 1. The van der Waals surface area contributed by atoms with Crippen LogP contribution in [0.3, 0.4) is 0 Å². The van der Waals surface area contributed by atoms with Crippen LogP contribution in [0.4, 0.5) is 0 Å². The van der Waals surface area contributed by atoms with Gasteiger partial charge in [0.05, 0.1) is 6.92 Å². The lowest BCUT2D eigenvalue weighted by atomic mass is 10.1. The number of fused-ring (bicyclic) bond motifs is 1. The molecule has 0 bridgehead atoms. The molecule has 0 saturated heterocycles. The Morgan fingerprint density at radius 2 is 2.40 bits per heavy atom. The Morgan fingerprint density at radius 3 is 3.13 bits per heavy atom. The van der Waals surface area contributed by atoms with Gasteiger partial charge in [-0.05, 0) is 36.1 Å². The number of aryl methyl sites for hydroxylation is 1. The molecule has 1 aliphatic rings. The van der Waals surface area contributed by atoms with Gasteiger partial charge in [-0.25, -0.2) is 4.79 Å². The van der Waals surface area contributed by atoms with Gasteiger partial charge in [0.25, 0.3) is 0 Å². The van der Waals surface area contributed by atoms with Crippen LogP contribution < -0.4 is 5.73 Å². The minimum Gasteiger partial charge on any atom is -0.324 e. The average Bonchev–Trinajstić information content (AvgIpc) is 2.57. The highest BCUT2D eigenvalue weighted by Gasteiger charge is 2.19. The minimum atomic E-state index is -0.236. The predicted octanol–water partition coefficient (Wildman–Crippen LogP) is 1.86. The van der Waals surface area contributed by atoms with Gasteiger partial charge in [0.15, 0.2) is 0 Å². The van der Waals surface area contributed by atoms with E-state index in [-0.39, 0.29) is 11.9 Å². The molecule has 1 atom stereocenters. The Kier molecular flexibility index (Phi) is 2.53. The molecule has 1 aromatic rings. The van der Waals surface area contributed by atoms with E-state index in [2.05, 4.69) is 10.9 Å². The number of rotatable bonds is 0. The van der Waals surface area contributed by atoms with Gasteiger partial charge in [-0.15, -0.1) is 0 Å². The Balaban J connectivity index is 2.34. The highest BCUT2D eigenvalue weighted by Crippen LogP contribution is 2.29. The maximum absolute atomic E-state index is 10.7. The second kappa shape index (κ2) is 3.84. The third-order valence-corrected chi connectivity index (χ3v) is 2.61. The molecule has 1 aliphatic carbocycles. The number of carbonyl (C=O) groups excluding carboxylic acids is 1. The Labute approximate surface area is 88.7 Å². The molecule has 2 rings (SSSR count). The largest absolute Gasteiger partial charge is 0.512 e. The first-order chi connectivity index (χ1) is 7.16. The number of hydrogen-bond acceptors (Lipinski definition) is 2. The van der Waals surface area contributed by atoms with E-state index >= 15 is 0 Å². The fraction of sp³-hybridized carbons (Fsp3) is 0.333. The maximum atomic E-state index is 10.7. The second-order valence-corrected chi connectivity index (χ2v) is 3.80. The van der Waals surface area contributed by atoms with Gasteiger partial charge < -0.3 is 5.73 Å². The number of hydrogen-bond donors (Lipinski definition) is 1. The van der Waals surface area contributed by atoms with Crippen LogP contribution in [0, 0.1) is 6.07 Å². The zero-order valence-electron chi connectivity index (χ0n) is 8.66. The monoisotopic (exact) mass is 201 g/mol. The van der Waals surface area contributed by atoms with E-state index in [0.29, 0.717) is 0 Å². The first kappa shape index (κ1) is 9.88. The Morgan fingerprint density at radius 1 is 1.60 bits per heavy atom. The molecule has 0 spiro atoms. The predicted molar refractivity (Wildman–Crippen MR) is 58.7 cm³/mol. The third kappa shape index (κ3) is 2.05. The summed E-state index contributed by atoms with van der Waals surface area (Å²) in [5, 5.41) is 0. The molecule has 0 radical (unpaired) electrons. The molecule has 3 nitrogen and oxygen atoms in total. The summed E-state index contributed by atoms with van der Waals surface area (Å²) in [6, 6.07) is 8.77. The highest BCUT2D eigenvalue weighted by molar-refractivity contribution is 5.84. The van der Waals surface area contributed by atoms with Crippen molar-refractivity contribution in [2.24, 2.45) is 5.73 Å². The molecular weight excluding hydrogens is 188 g/mol. The molecule has 1 amide bonds. The lowest BCUT2D eigenvalue weighted by Crippen LogP contribution is -2.05. The van der Waals surface area contributed by atoms with Crippen molar-refractivity contribution in [2.75, 3.05) is 0 Å². The summed E-state index contributed by atoms with van der Waals surface area (Å²) in [5.41, 5.74) is 9.23. The fourth-order valence-corrected chi connectivity index (χ4v) is 1.85. The van der Waals surface area contributed by atoms with E-state index in [0.717, 1.165) is 18.4 Å². The molecule has 0 fully saturated rings. The summed E-state index contributed by atoms with van der Waals surface area (Å²) in [7, 11) is 0. The summed E-state index contributed by atoms with van der Waals surface area (Å²) in [5.74, 6) is -0.236. The third-order valence-electron chi connectivity index (χ3n) is 2.61. The minimum absolute atomic E-state index is 0.124. The van der Waals surface area contributed by atoms with Gasteiger partial charge in [0.2, 0.25) is 0 Å². The molecule has 0 heterocycles. The summed E-state index contributed by atoms with van der Waals surface area (Å²) in [6.07, 6.45) is 2.04. The average molecular weight is 201 g/mol. The molecule has 1 aromatic carbocycles. The lowest BCUT2D eigenvalue weighted by molar-refractivity contribution is -0.112. The van der Waals surface area contributed by atoms with Crippen LogP contribution in [0.1, 0.15) is 36.1 Å². The van der Waals surface area contributed by atoms with Crippen molar-refractivity contribution in [2.45, 2.75) is 25.8 Å². The highest BCUT2D eigenvalue weighted by atomic mass is 16.1. The summed E-state index contributed by atoms with van der Waals surface area (Å²) in [6.45, 7) is 1.41. The standard InChI is InChI=1S/C12H13N2O/c1-8(15)14-7-9-2-3-10-4-5-12(13)11(10)6-9/h2-3,6,12H,4-5,13H2,1H3/q+1. The van der Waals surface area contributed by atoms with Crippen molar-refractivity contribution in [3.63, 3.8) is 0 Å². The van der Waals surface area contributed by atoms with Crippen molar-refractivity contribution in [1.82, 2.24) is 0 Å². The SMILES string of the molecule is CC(=O)[N+]#Cc1ccc2c(c1)C(N)CC2. The molecule has 0 aromatic heterocycles. The molecule has 0 aliphatic heterocycles. The topological polar surface area (TPSA) is 47.5 Å². The van der Waals surface area contributed by atoms with Crippen molar-refractivity contribution >= 4 is 5.91 Å². The van der Waals surface area contributed by atoms with Crippen molar-refractivity contribution in [3.05, 3.63) is 39.7 Å². The lowest BCUT2D eigenvalue weighted by Gasteiger charge is -2.02. The zero-order chi connectivity index (χ0) is 10.8. The number of amides is 1. The Hall–Kier alpha value is -1.66. The first-order valence-electron chi connectivity index (χ1n) is 5.02. The van der Waals surface area contributed by atoms with E-state index in [1.807, 2.05) is 18.2 Å². The second-order valence-electron chi connectivity index (χ2n) is 3.80. The van der Waals surface area contributed by atoms with E-state index < -0.39 is 0 Å². The maximum Gasteiger partial charge on any atom is 0.512 e. The van der Waals surface area contributed by atoms with E-state index in [4.69, 9.17) is 5.73 Å². The van der Waals surface area contributed by atoms with Gasteiger partial charge >= 0.3 is 12.0 Å². The quantitative estimate of drug-likeness (QED) is 0.696. The van der Waals surface area contributed by atoms with Crippen molar-refractivity contribution < 1.29 is 4.79 Å².